The van der Waals surface area contributed by atoms with Crippen molar-refractivity contribution in [2.75, 3.05) is 24.4 Å². The van der Waals surface area contributed by atoms with Crippen LogP contribution < -0.4 is 20.1 Å². The molecule has 1 fully saturated rings. The summed E-state index contributed by atoms with van der Waals surface area (Å²) in [5.41, 5.74) is 0.744. The van der Waals surface area contributed by atoms with E-state index in [1.54, 1.807) is 36.4 Å². The van der Waals surface area contributed by atoms with E-state index in [1.165, 1.54) is 43.5 Å². The minimum absolute atomic E-state index is 0.0597. The Morgan fingerprint density at radius 2 is 1.65 bits per heavy atom. The van der Waals surface area contributed by atoms with E-state index in [4.69, 9.17) is 4.74 Å². The SMILES string of the molecule is O=C(NCCCCC1CCNCC1)c1ccc(S(=O)(=O)Nc2ccccc2Oc2ccc(Br)cc2)cc1. The average Bonchev–Trinajstić information content (AvgIpc) is 2.91. The fourth-order valence-electron chi connectivity index (χ4n) is 4.29. The molecular weight excluding hydrogens is 554 g/mol. The third-order valence-electron chi connectivity index (χ3n) is 6.38. The van der Waals surface area contributed by atoms with Crippen molar-refractivity contribution in [3.05, 3.63) is 82.8 Å². The summed E-state index contributed by atoms with van der Waals surface area (Å²) in [6.07, 6.45) is 5.71. The molecule has 0 aromatic heterocycles. The quantitative estimate of drug-likeness (QED) is 0.242. The molecule has 0 unspecified atom stereocenters. The van der Waals surface area contributed by atoms with E-state index in [1.807, 2.05) is 12.1 Å². The molecule has 3 aromatic carbocycles. The number of anilines is 1. The summed E-state index contributed by atoms with van der Waals surface area (Å²) in [6.45, 7) is 2.82. The Kier molecular flexibility index (Phi) is 9.60. The van der Waals surface area contributed by atoms with Crippen LogP contribution in [0.15, 0.2) is 82.2 Å². The number of piperidine rings is 1. The van der Waals surface area contributed by atoms with Gasteiger partial charge in [0.1, 0.15) is 5.75 Å². The Hall–Kier alpha value is -2.88. The number of unbranched alkanes of at least 4 members (excludes halogenated alkanes) is 1. The van der Waals surface area contributed by atoms with Crippen molar-refractivity contribution in [3.63, 3.8) is 0 Å². The van der Waals surface area contributed by atoms with Crippen molar-refractivity contribution in [3.8, 4) is 11.5 Å². The van der Waals surface area contributed by atoms with Gasteiger partial charge in [0, 0.05) is 16.6 Å². The van der Waals surface area contributed by atoms with Crippen molar-refractivity contribution in [1.82, 2.24) is 10.6 Å². The first kappa shape index (κ1) is 27.2. The highest BCUT2D eigenvalue weighted by Gasteiger charge is 2.18. The van der Waals surface area contributed by atoms with Gasteiger partial charge in [-0.05, 0) is 98.9 Å². The van der Waals surface area contributed by atoms with Gasteiger partial charge in [-0.2, -0.15) is 0 Å². The Morgan fingerprint density at radius 1 is 0.946 bits per heavy atom. The molecule has 9 heteroatoms. The van der Waals surface area contributed by atoms with Gasteiger partial charge in [0.15, 0.2) is 5.75 Å². The number of hydrogen-bond donors (Lipinski definition) is 3. The van der Waals surface area contributed by atoms with E-state index in [0.29, 0.717) is 29.3 Å². The van der Waals surface area contributed by atoms with Crippen LogP contribution in [0.25, 0.3) is 0 Å². The van der Waals surface area contributed by atoms with Gasteiger partial charge in [-0.3, -0.25) is 9.52 Å². The number of para-hydroxylation sites is 2. The fourth-order valence-corrected chi connectivity index (χ4v) is 5.63. The van der Waals surface area contributed by atoms with Crippen molar-refractivity contribution in [2.24, 2.45) is 5.92 Å². The third kappa shape index (κ3) is 8.05. The maximum Gasteiger partial charge on any atom is 0.262 e. The van der Waals surface area contributed by atoms with Gasteiger partial charge in [0.05, 0.1) is 10.6 Å². The van der Waals surface area contributed by atoms with Gasteiger partial charge in [-0.25, -0.2) is 8.42 Å². The lowest BCUT2D eigenvalue weighted by Gasteiger charge is -2.22. The van der Waals surface area contributed by atoms with Gasteiger partial charge in [-0.15, -0.1) is 0 Å². The summed E-state index contributed by atoms with van der Waals surface area (Å²) in [5.74, 6) is 1.55. The van der Waals surface area contributed by atoms with E-state index in [0.717, 1.165) is 36.3 Å². The summed E-state index contributed by atoms with van der Waals surface area (Å²) in [4.78, 5) is 12.6. The topological polar surface area (TPSA) is 96.5 Å². The predicted molar refractivity (Wildman–Crippen MR) is 150 cm³/mol. The summed E-state index contributed by atoms with van der Waals surface area (Å²) >= 11 is 3.38. The second-order valence-electron chi connectivity index (χ2n) is 9.13. The number of hydrogen-bond acceptors (Lipinski definition) is 5. The Balaban J connectivity index is 1.31. The van der Waals surface area contributed by atoms with E-state index >= 15 is 0 Å². The van der Waals surface area contributed by atoms with Crippen LogP contribution in [0.2, 0.25) is 0 Å². The number of halogens is 1. The first-order valence-corrected chi connectivity index (χ1v) is 14.8. The smallest absolute Gasteiger partial charge is 0.262 e. The molecule has 7 nitrogen and oxygen atoms in total. The van der Waals surface area contributed by atoms with E-state index in [-0.39, 0.29) is 10.8 Å². The number of sulfonamides is 1. The molecule has 1 saturated heterocycles. The maximum atomic E-state index is 13.0. The number of carbonyl (C=O) groups is 1. The molecule has 0 spiro atoms. The molecule has 3 aromatic rings. The molecule has 0 aliphatic carbocycles. The monoisotopic (exact) mass is 585 g/mol. The molecule has 3 N–H and O–H groups in total. The molecule has 1 heterocycles. The lowest BCUT2D eigenvalue weighted by atomic mass is 9.92. The maximum absolute atomic E-state index is 13.0. The normalized spacial score (nSPS) is 14.2. The lowest BCUT2D eigenvalue weighted by molar-refractivity contribution is 0.0952. The van der Waals surface area contributed by atoms with Crippen LogP contribution >= 0.6 is 15.9 Å². The summed E-state index contributed by atoms with van der Waals surface area (Å²) in [6, 6.07) is 20.0. The lowest BCUT2D eigenvalue weighted by Crippen LogP contribution is -2.28. The van der Waals surface area contributed by atoms with Gasteiger partial charge in [0.25, 0.3) is 15.9 Å². The van der Waals surface area contributed by atoms with Crippen molar-refractivity contribution in [2.45, 2.75) is 37.0 Å². The first-order chi connectivity index (χ1) is 17.9. The average molecular weight is 587 g/mol. The Morgan fingerprint density at radius 3 is 2.38 bits per heavy atom. The highest BCUT2D eigenvalue weighted by Crippen LogP contribution is 2.31. The number of nitrogens with one attached hydrogen (secondary N) is 3. The van der Waals surface area contributed by atoms with Crippen LogP contribution in [0.5, 0.6) is 11.5 Å². The molecule has 1 amide bonds. The number of amides is 1. The minimum Gasteiger partial charge on any atom is -0.455 e. The number of carbonyl (C=O) groups excluding carboxylic acids is 1. The summed E-state index contributed by atoms with van der Waals surface area (Å²) in [5, 5.41) is 6.31. The number of rotatable bonds is 11. The van der Waals surface area contributed by atoms with E-state index in [9.17, 15) is 13.2 Å². The molecule has 0 atom stereocenters. The van der Waals surface area contributed by atoms with Crippen molar-refractivity contribution < 1.29 is 17.9 Å². The zero-order chi connectivity index (χ0) is 26.1. The highest BCUT2D eigenvalue weighted by atomic mass is 79.9. The van der Waals surface area contributed by atoms with Gasteiger partial charge in [0.2, 0.25) is 0 Å². The number of benzene rings is 3. The van der Waals surface area contributed by atoms with Crippen LogP contribution in [0.3, 0.4) is 0 Å². The van der Waals surface area contributed by atoms with Crippen LogP contribution in [0.1, 0.15) is 42.5 Å². The summed E-state index contributed by atoms with van der Waals surface area (Å²) < 4.78 is 35.4. The zero-order valence-corrected chi connectivity index (χ0v) is 23.0. The molecular formula is C28H32BrN3O4S. The van der Waals surface area contributed by atoms with Gasteiger partial charge >= 0.3 is 0 Å². The largest absolute Gasteiger partial charge is 0.455 e. The van der Waals surface area contributed by atoms with E-state index in [2.05, 4.69) is 31.3 Å². The second kappa shape index (κ2) is 13.1. The zero-order valence-electron chi connectivity index (χ0n) is 20.6. The van der Waals surface area contributed by atoms with Crippen molar-refractivity contribution >= 4 is 37.5 Å². The van der Waals surface area contributed by atoms with E-state index < -0.39 is 10.0 Å². The molecule has 1 aliphatic heterocycles. The predicted octanol–water partition coefficient (Wildman–Crippen LogP) is 5.94. The molecule has 37 heavy (non-hydrogen) atoms. The van der Waals surface area contributed by atoms with Gasteiger partial charge < -0.3 is 15.4 Å². The van der Waals surface area contributed by atoms with Crippen molar-refractivity contribution in [1.29, 1.82) is 0 Å². The molecule has 0 bridgehead atoms. The molecule has 0 saturated carbocycles. The summed E-state index contributed by atoms with van der Waals surface area (Å²) in [7, 11) is -3.89. The Bertz CT molecular complexity index is 1280. The molecule has 196 valence electrons. The second-order valence-corrected chi connectivity index (χ2v) is 11.7. The first-order valence-electron chi connectivity index (χ1n) is 12.5. The minimum atomic E-state index is -3.89. The Labute approximate surface area is 227 Å². The van der Waals surface area contributed by atoms with Gasteiger partial charge in [-0.1, -0.05) is 40.9 Å². The standard InChI is InChI=1S/C28H32BrN3O4S/c29-23-10-12-24(13-11-23)36-27-7-2-1-6-26(27)32-37(34,35)25-14-8-22(9-15-25)28(33)31-18-4-3-5-21-16-19-30-20-17-21/h1-2,6-15,21,30,32H,3-5,16-20H2,(H,31,33). The molecule has 1 aliphatic rings. The number of ether oxygens (including phenoxy) is 1. The van der Waals surface area contributed by atoms with Crippen LogP contribution in [0.4, 0.5) is 5.69 Å². The third-order valence-corrected chi connectivity index (χ3v) is 8.29. The fraction of sp³-hybridized carbons (Fsp3) is 0.321. The van der Waals surface area contributed by atoms with Crippen LogP contribution in [-0.4, -0.2) is 34.0 Å². The van der Waals surface area contributed by atoms with Crippen LogP contribution in [0, 0.1) is 5.92 Å². The molecule has 0 radical (unpaired) electrons. The van der Waals surface area contributed by atoms with Crippen LogP contribution in [-0.2, 0) is 10.0 Å². The molecule has 4 rings (SSSR count). The highest BCUT2D eigenvalue weighted by molar-refractivity contribution is 9.10.